The first kappa shape index (κ1) is 23.1. The van der Waals surface area contributed by atoms with Crippen LogP contribution in [-0.4, -0.2) is 9.97 Å². The summed E-state index contributed by atoms with van der Waals surface area (Å²) in [5.41, 5.74) is 8.17. The van der Waals surface area contributed by atoms with Crippen molar-refractivity contribution in [1.82, 2.24) is 9.97 Å². The molecule has 2 heterocycles. The molecule has 0 saturated heterocycles. The van der Waals surface area contributed by atoms with Crippen LogP contribution in [0.25, 0.3) is 87.4 Å². The highest BCUT2D eigenvalue weighted by molar-refractivity contribution is 6.27. The third-order valence-corrected chi connectivity index (χ3v) is 8.74. The van der Waals surface area contributed by atoms with Crippen LogP contribution in [0.2, 0.25) is 0 Å². The molecule has 0 saturated carbocycles. The molecule has 0 aliphatic heterocycles. The summed E-state index contributed by atoms with van der Waals surface area (Å²) in [5.74, 6) is 0. The highest BCUT2D eigenvalue weighted by atomic mass is 14.6. The molecule has 0 aliphatic carbocycles. The molecule has 0 spiro atoms. The van der Waals surface area contributed by atoms with E-state index in [2.05, 4.69) is 126 Å². The highest BCUT2D eigenvalue weighted by Gasteiger charge is 2.15. The Labute approximate surface area is 242 Å². The molecule has 42 heavy (non-hydrogen) atoms. The van der Waals surface area contributed by atoms with Crippen LogP contribution < -0.4 is 0 Å². The van der Waals surface area contributed by atoms with Crippen molar-refractivity contribution in [2.75, 3.05) is 0 Å². The van der Waals surface area contributed by atoms with Crippen LogP contribution in [0, 0.1) is 0 Å². The Kier molecular flexibility index (Phi) is 4.93. The summed E-state index contributed by atoms with van der Waals surface area (Å²) >= 11 is 0. The zero-order valence-corrected chi connectivity index (χ0v) is 22.8. The fourth-order valence-corrected chi connectivity index (χ4v) is 6.70. The number of fused-ring (bicyclic) bond motifs is 2. The van der Waals surface area contributed by atoms with Crippen molar-refractivity contribution in [2.45, 2.75) is 0 Å². The summed E-state index contributed by atoms with van der Waals surface area (Å²) < 4.78 is 0. The van der Waals surface area contributed by atoms with Gasteiger partial charge in [0, 0.05) is 40.5 Å². The molecule has 7 aromatic carbocycles. The van der Waals surface area contributed by atoms with Gasteiger partial charge in [-0.3, -0.25) is 9.97 Å². The number of rotatable bonds is 3. The number of para-hydroxylation sites is 1. The third kappa shape index (κ3) is 3.45. The average molecular weight is 533 g/mol. The molecular weight excluding hydrogens is 508 g/mol. The van der Waals surface area contributed by atoms with E-state index in [1.807, 2.05) is 24.7 Å². The lowest BCUT2D eigenvalue weighted by molar-refractivity contribution is 1.36. The number of pyridine rings is 2. The Morgan fingerprint density at radius 3 is 1.69 bits per heavy atom. The molecule has 9 aromatic rings. The topological polar surface area (TPSA) is 25.8 Å². The summed E-state index contributed by atoms with van der Waals surface area (Å²) in [4.78, 5) is 9.26. The fourth-order valence-electron chi connectivity index (χ4n) is 6.70. The summed E-state index contributed by atoms with van der Waals surface area (Å²) in [7, 11) is 0. The van der Waals surface area contributed by atoms with Gasteiger partial charge in [-0.25, -0.2) is 0 Å². The maximum absolute atomic E-state index is 4.76. The first-order valence-corrected chi connectivity index (χ1v) is 14.3. The van der Waals surface area contributed by atoms with E-state index in [-0.39, 0.29) is 0 Å². The van der Waals surface area contributed by atoms with Gasteiger partial charge in [-0.15, -0.1) is 0 Å². The van der Waals surface area contributed by atoms with Gasteiger partial charge in [0.15, 0.2) is 0 Å². The Hall–Kier alpha value is -5.60. The molecule has 0 amide bonds. The molecule has 0 fully saturated rings. The van der Waals surface area contributed by atoms with Crippen LogP contribution in [0.3, 0.4) is 0 Å². The van der Waals surface area contributed by atoms with Gasteiger partial charge >= 0.3 is 0 Å². The minimum Gasteiger partial charge on any atom is -0.263 e. The normalized spacial score (nSPS) is 11.8. The largest absolute Gasteiger partial charge is 0.263 e. The van der Waals surface area contributed by atoms with E-state index in [1.165, 1.54) is 60.0 Å². The fraction of sp³-hybridized carbons (Fsp3) is 0. The van der Waals surface area contributed by atoms with Crippen molar-refractivity contribution >= 4 is 54.0 Å². The molecule has 0 radical (unpaired) electrons. The number of hydrogen-bond donors (Lipinski definition) is 0. The van der Waals surface area contributed by atoms with E-state index < -0.39 is 0 Å². The van der Waals surface area contributed by atoms with Gasteiger partial charge in [-0.2, -0.15) is 0 Å². The molecule has 9 rings (SSSR count). The summed E-state index contributed by atoms with van der Waals surface area (Å²) in [6.07, 6.45) is 5.91. The zero-order valence-electron chi connectivity index (χ0n) is 22.8. The van der Waals surface area contributed by atoms with Gasteiger partial charge in [0.05, 0.1) is 5.52 Å². The minimum absolute atomic E-state index is 1.02. The van der Waals surface area contributed by atoms with E-state index in [4.69, 9.17) is 4.98 Å². The molecule has 0 unspecified atom stereocenters. The molecule has 0 aliphatic rings. The van der Waals surface area contributed by atoms with Crippen molar-refractivity contribution in [3.8, 4) is 33.4 Å². The molecule has 194 valence electrons. The molecular formula is C40H24N2. The maximum atomic E-state index is 4.76. The second kappa shape index (κ2) is 8.95. The SMILES string of the molecule is c1ccc2ncc(-c3ccc4ccc5c(-c6ccc(-c7cncc8ccccc78)cc6)ccc6ccc3c4c65)cc2c1. The lowest BCUT2D eigenvalue weighted by Crippen LogP contribution is -1.90. The van der Waals surface area contributed by atoms with E-state index >= 15 is 0 Å². The average Bonchev–Trinajstić information content (AvgIpc) is 3.06. The standard InChI is InChI=1S/C40H24N2/c1-3-7-32-30(6-1)22-41-24-37(32)26-11-9-25(10-12-26)33-17-13-27-16-20-36-34(18-14-28-15-19-35(33)39(27)40(28)36)31-21-29-5-2-4-8-38(29)42-23-31/h1-24H. The highest BCUT2D eigenvalue weighted by Crippen LogP contribution is 2.42. The van der Waals surface area contributed by atoms with Gasteiger partial charge in [0.1, 0.15) is 0 Å². The van der Waals surface area contributed by atoms with Crippen molar-refractivity contribution in [2.24, 2.45) is 0 Å². The number of hydrogen-bond acceptors (Lipinski definition) is 2. The van der Waals surface area contributed by atoms with E-state index in [1.54, 1.807) is 0 Å². The zero-order chi connectivity index (χ0) is 27.6. The number of aromatic nitrogens is 2. The Bertz CT molecular complexity index is 2450. The van der Waals surface area contributed by atoms with Crippen LogP contribution in [-0.2, 0) is 0 Å². The number of nitrogens with zero attached hydrogens (tertiary/aromatic N) is 2. The van der Waals surface area contributed by atoms with Gasteiger partial charge in [0.25, 0.3) is 0 Å². The van der Waals surface area contributed by atoms with Gasteiger partial charge in [-0.1, -0.05) is 115 Å². The lowest BCUT2D eigenvalue weighted by atomic mass is 9.87. The predicted molar refractivity (Wildman–Crippen MR) is 177 cm³/mol. The first-order chi connectivity index (χ1) is 20.8. The summed E-state index contributed by atoms with van der Waals surface area (Å²) in [5, 5.41) is 11.2. The van der Waals surface area contributed by atoms with Gasteiger partial charge in [-0.05, 0) is 72.1 Å². The van der Waals surface area contributed by atoms with Crippen LogP contribution in [0.15, 0.2) is 146 Å². The minimum atomic E-state index is 1.02. The quantitative estimate of drug-likeness (QED) is 0.212. The molecule has 2 heteroatoms. The second-order valence-electron chi connectivity index (χ2n) is 11.1. The van der Waals surface area contributed by atoms with Crippen LogP contribution in [0.1, 0.15) is 0 Å². The van der Waals surface area contributed by atoms with Crippen molar-refractivity contribution in [3.05, 3.63) is 146 Å². The Morgan fingerprint density at radius 2 is 0.952 bits per heavy atom. The van der Waals surface area contributed by atoms with Crippen molar-refractivity contribution in [1.29, 1.82) is 0 Å². The molecule has 0 atom stereocenters. The van der Waals surface area contributed by atoms with Gasteiger partial charge in [0.2, 0.25) is 0 Å². The smallest absolute Gasteiger partial charge is 0.0702 e. The summed E-state index contributed by atoms with van der Waals surface area (Å²) in [6, 6.07) is 46.1. The van der Waals surface area contributed by atoms with Crippen LogP contribution in [0.5, 0.6) is 0 Å². The van der Waals surface area contributed by atoms with E-state index in [0.717, 1.165) is 27.4 Å². The first-order valence-electron chi connectivity index (χ1n) is 14.3. The van der Waals surface area contributed by atoms with Gasteiger partial charge < -0.3 is 0 Å². The van der Waals surface area contributed by atoms with Crippen molar-refractivity contribution < 1.29 is 0 Å². The third-order valence-electron chi connectivity index (χ3n) is 8.74. The van der Waals surface area contributed by atoms with Crippen molar-refractivity contribution in [3.63, 3.8) is 0 Å². The number of benzene rings is 7. The molecule has 2 nitrogen and oxygen atoms in total. The van der Waals surface area contributed by atoms with Crippen LogP contribution >= 0.6 is 0 Å². The van der Waals surface area contributed by atoms with Crippen LogP contribution in [0.4, 0.5) is 0 Å². The molecule has 2 aromatic heterocycles. The maximum Gasteiger partial charge on any atom is 0.0702 e. The predicted octanol–water partition coefficient (Wildman–Crippen LogP) is 10.7. The molecule has 0 N–H and O–H groups in total. The monoisotopic (exact) mass is 532 g/mol. The Morgan fingerprint density at radius 1 is 0.357 bits per heavy atom. The lowest BCUT2D eigenvalue weighted by Gasteiger charge is -2.17. The Balaban J connectivity index is 1.22. The second-order valence-corrected chi connectivity index (χ2v) is 11.1. The van der Waals surface area contributed by atoms with E-state index in [9.17, 15) is 0 Å². The van der Waals surface area contributed by atoms with E-state index in [0.29, 0.717) is 0 Å². The molecule has 0 bridgehead atoms. The summed E-state index contributed by atoms with van der Waals surface area (Å²) in [6.45, 7) is 0.